The predicted molar refractivity (Wildman–Crippen MR) is 97.4 cm³/mol. The third-order valence-electron chi connectivity index (χ3n) is 4.04. The van der Waals surface area contributed by atoms with Crippen molar-refractivity contribution >= 4 is 22.1 Å². The van der Waals surface area contributed by atoms with Crippen LogP contribution in [-0.2, 0) is 14.8 Å². The molecular weight excluding hydrogens is 392 g/mol. The Morgan fingerprint density at radius 1 is 1.14 bits per heavy atom. The molecule has 1 aliphatic heterocycles. The molecule has 0 spiro atoms. The van der Waals surface area contributed by atoms with Gasteiger partial charge in [-0.1, -0.05) is 6.07 Å². The van der Waals surface area contributed by atoms with E-state index < -0.39 is 27.6 Å². The second-order valence-electron chi connectivity index (χ2n) is 5.91. The van der Waals surface area contributed by atoms with Crippen molar-refractivity contribution in [1.29, 1.82) is 0 Å². The summed E-state index contributed by atoms with van der Waals surface area (Å²) >= 11 is 0. The highest BCUT2D eigenvalue weighted by Gasteiger charge is 2.26. The van der Waals surface area contributed by atoms with E-state index in [2.05, 4.69) is 10.5 Å². The molecule has 1 N–H and O–H groups in total. The SMILES string of the molecule is O=C(NN=Cc1ccc(F)cc1F)c1cccc(S(=O)(=O)N2CCOCC2)c1. The number of nitrogens with zero attached hydrogens (tertiary/aromatic N) is 2. The van der Waals surface area contributed by atoms with Crippen LogP contribution in [0.5, 0.6) is 0 Å². The molecule has 3 rings (SSSR count). The number of sulfonamides is 1. The van der Waals surface area contributed by atoms with Crippen molar-refractivity contribution in [2.24, 2.45) is 5.10 Å². The summed E-state index contributed by atoms with van der Waals surface area (Å²) in [5.74, 6) is -2.22. The van der Waals surface area contributed by atoms with E-state index in [-0.39, 0.29) is 29.1 Å². The highest BCUT2D eigenvalue weighted by molar-refractivity contribution is 7.89. The number of benzene rings is 2. The van der Waals surface area contributed by atoms with Crippen molar-refractivity contribution in [3.05, 3.63) is 65.2 Å². The van der Waals surface area contributed by atoms with E-state index in [9.17, 15) is 22.0 Å². The van der Waals surface area contributed by atoms with Crippen molar-refractivity contribution in [3.8, 4) is 0 Å². The molecule has 0 bridgehead atoms. The third-order valence-corrected chi connectivity index (χ3v) is 5.93. The molecule has 28 heavy (non-hydrogen) atoms. The van der Waals surface area contributed by atoms with E-state index in [1.54, 1.807) is 0 Å². The minimum absolute atomic E-state index is 0.00894. The average Bonchev–Trinajstić information content (AvgIpc) is 2.70. The van der Waals surface area contributed by atoms with Crippen LogP contribution < -0.4 is 5.43 Å². The summed E-state index contributed by atoms with van der Waals surface area (Å²) in [5, 5.41) is 3.63. The number of hydrogen-bond acceptors (Lipinski definition) is 5. The molecule has 0 atom stereocenters. The van der Waals surface area contributed by atoms with E-state index in [1.165, 1.54) is 34.6 Å². The van der Waals surface area contributed by atoms with Gasteiger partial charge in [-0.3, -0.25) is 4.79 Å². The van der Waals surface area contributed by atoms with E-state index in [1.807, 2.05) is 0 Å². The van der Waals surface area contributed by atoms with E-state index in [0.29, 0.717) is 19.3 Å². The number of amides is 1. The third kappa shape index (κ3) is 4.58. The van der Waals surface area contributed by atoms with Gasteiger partial charge in [-0.15, -0.1) is 0 Å². The fourth-order valence-corrected chi connectivity index (χ4v) is 4.02. The summed E-state index contributed by atoms with van der Waals surface area (Å²) in [6.07, 6.45) is 1.03. The summed E-state index contributed by atoms with van der Waals surface area (Å²) in [5.41, 5.74) is 2.26. The molecule has 0 unspecified atom stereocenters. The molecule has 0 radical (unpaired) electrons. The first kappa shape index (κ1) is 20.1. The number of rotatable bonds is 5. The van der Waals surface area contributed by atoms with Crippen molar-refractivity contribution in [2.75, 3.05) is 26.3 Å². The monoisotopic (exact) mass is 409 g/mol. The van der Waals surface area contributed by atoms with E-state index in [0.717, 1.165) is 12.3 Å². The molecule has 1 fully saturated rings. The van der Waals surface area contributed by atoms with Crippen LogP contribution in [0, 0.1) is 11.6 Å². The molecular formula is C18H17F2N3O4S. The first-order chi connectivity index (χ1) is 13.4. The zero-order valence-corrected chi connectivity index (χ0v) is 15.5. The Balaban J connectivity index is 1.72. The molecule has 0 aromatic heterocycles. The molecule has 1 heterocycles. The zero-order valence-electron chi connectivity index (χ0n) is 14.6. The molecule has 1 saturated heterocycles. The quantitative estimate of drug-likeness (QED) is 0.602. The Morgan fingerprint density at radius 2 is 1.89 bits per heavy atom. The Kier molecular flexibility index (Phi) is 6.12. The Morgan fingerprint density at radius 3 is 2.61 bits per heavy atom. The molecule has 2 aromatic rings. The molecule has 7 nitrogen and oxygen atoms in total. The topological polar surface area (TPSA) is 88.1 Å². The molecule has 148 valence electrons. The van der Waals surface area contributed by atoms with E-state index in [4.69, 9.17) is 4.74 Å². The van der Waals surface area contributed by atoms with Crippen LogP contribution in [-0.4, -0.2) is 51.1 Å². The lowest BCUT2D eigenvalue weighted by Gasteiger charge is -2.26. The standard InChI is InChI=1S/C18H17F2N3O4S/c19-15-5-4-14(17(20)11-15)12-21-22-18(24)13-2-1-3-16(10-13)28(25,26)23-6-8-27-9-7-23/h1-5,10-12H,6-9H2,(H,22,24). The number of hydrogen-bond donors (Lipinski definition) is 1. The van der Waals surface area contributed by atoms with Crippen LogP contribution in [0.25, 0.3) is 0 Å². The molecule has 1 amide bonds. The lowest BCUT2D eigenvalue weighted by atomic mass is 10.2. The average molecular weight is 409 g/mol. The first-order valence-electron chi connectivity index (χ1n) is 8.34. The number of hydrazone groups is 1. The van der Waals surface area contributed by atoms with Crippen molar-refractivity contribution in [1.82, 2.24) is 9.73 Å². The fraction of sp³-hybridized carbons (Fsp3) is 0.222. The van der Waals surface area contributed by atoms with Gasteiger partial charge in [0.1, 0.15) is 11.6 Å². The van der Waals surface area contributed by atoms with Crippen LogP contribution in [0.15, 0.2) is 52.5 Å². The van der Waals surface area contributed by atoms with Crippen molar-refractivity contribution in [2.45, 2.75) is 4.90 Å². The summed E-state index contributed by atoms with van der Waals surface area (Å²) < 4.78 is 58.2. The number of ether oxygens (including phenoxy) is 1. The van der Waals surface area contributed by atoms with Crippen LogP contribution >= 0.6 is 0 Å². The lowest BCUT2D eigenvalue weighted by molar-refractivity contribution is 0.0730. The molecule has 2 aromatic carbocycles. The van der Waals surface area contributed by atoms with Crippen LogP contribution in [0.4, 0.5) is 8.78 Å². The molecule has 0 saturated carbocycles. The second-order valence-corrected chi connectivity index (χ2v) is 7.85. The Bertz CT molecular complexity index is 1010. The van der Waals surface area contributed by atoms with Gasteiger partial charge in [-0.2, -0.15) is 9.41 Å². The molecule has 1 aliphatic rings. The highest BCUT2D eigenvalue weighted by atomic mass is 32.2. The van der Waals surface area contributed by atoms with Gasteiger partial charge in [0.15, 0.2) is 0 Å². The smallest absolute Gasteiger partial charge is 0.271 e. The predicted octanol–water partition coefficient (Wildman–Crippen LogP) is 1.75. The number of morpholine rings is 1. The van der Waals surface area contributed by atoms with Crippen molar-refractivity contribution < 1.29 is 26.7 Å². The number of carbonyl (C=O) groups excluding carboxylic acids is 1. The van der Waals surface area contributed by atoms with Gasteiger partial charge in [-0.25, -0.2) is 22.6 Å². The minimum atomic E-state index is -3.74. The highest BCUT2D eigenvalue weighted by Crippen LogP contribution is 2.18. The normalized spacial score (nSPS) is 15.6. The van der Waals surface area contributed by atoms with Gasteiger partial charge in [0, 0.05) is 30.3 Å². The summed E-state index contributed by atoms with van der Waals surface area (Å²) in [6.45, 7) is 1.11. The number of carbonyl (C=O) groups is 1. The van der Waals surface area contributed by atoms with Gasteiger partial charge in [0.05, 0.1) is 24.3 Å². The Hall–Kier alpha value is -2.69. The number of halogens is 2. The maximum atomic E-state index is 13.5. The fourth-order valence-electron chi connectivity index (χ4n) is 2.57. The largest absolute Gasteiger partial charge is 0.379 e. The molecule has 10 heteroatoms. The maximum Gasteiger partial charge on any atom is 0.271 e. The van der Waals surface area contributed by atoms with Crippen LogP contribution in [0.1, 0.15) is 15.9 Å². The van der Waals surface area contributed by atoms with Gasteiger partial charge < -0.3 is 4.74 Å². The zero-order chi connectivity index (χ0) is 20.1. The van der Waals surface area contributed by atoms with Gasteiger partial charge in [-0.05, 0) is 30.3 Å². The second kappa shape index (κ2) is 8.55. The maximum absolute atomic E-state index is 13.5. The van der Waals surface area contributed by atoms with Crippen LogP contribution in [0.2, 0.25) is 0 Å². The lowest BCUT2D eigenvalue weighted by Crippen LogP contribution is -2.40. The first-order valence-corrected chi connectivity index (χ1v) is 9.78. The number of nitrogens with one attached hydrogen (secondary N) is 1. The van der Waals surface area contributed by atoms with Crippen LogP contribution in [0.3, 0.4) is 0 Å². The van der Waals surface area contributed by atoms with Gasteiger partial charge >= 0.3 is 0 Å². The summed E-state index contributed by atoms with van der Waals surface area (Å²) in [7, 11) is -3.74. The molecule has 0 aliphatic carbocycles. The van der Waals surface area contributed by atoms with Gasteiger partial charge in [0.2, 0.25) is 10.0 Å². The summed E-state index contributed by atoms with van der Waals surface area (Å²) in [4.78, 5) is 12.2. The Labute approximate surface area is 160 Å². The summed E-state index contributed by atoms with van der Waals surface area (Å²) in [6, 6.07) is 8.46. The van der Waals surface area contributed by atoms with Gasteiger partial charge in [0.25, 0.3) is 5.91 Å². The van der Waals surface area contributed by atoms with E-state index >= 15 is 0 Å². The van der Waals surface area contributed by atoms with Crippen molar-refractivity contribution in [3.63, 3.8) is 0 Å². The minimum Gasteiger partial charge on any atom is -0.379 e.